The lowest BCUT2D eigenvalue weighted by atomic mass is 10.1. The van der Waals surface area contributed by atoms with Crippen molar-refractivity contribution in [1.29, 1.82) is 0 Å². The van der Waals surface area contributed by atoms with Crippen molar-refractivity contribution in [3.8, 4) is 0 Å². The van der Waals surface area contributed by atoms with Crippen molar-refractivity contribution in [3.63, 3.8) is 0 Å². The van der Waals surface area contributed by atoms with E-state index >= 15 is 0 Å². The molecule has 2 N–H and O–H groups in total. The Morgan fingerprint density at radius 3 is 2.47 bits per heavy atom. The summed E-state index contributed by atoms with van der Waals surface area (Å²) in [6.45, 7) is 6.84. The summed E-state index contributed by atoms with van der Waals surface area (Å²) in [4.78, 5) is 21.7. The number of hydrogen-bond acceptors (Lipinski definition) is 3. The SMILES string of the molecule is CC(C)CCOC(C)C(=O)NCCCC(=O)O. The van der Waals surface area contributed by atoms with Crippen molar-refractivity contribution >= 4 is 11.9 Å². The van der Waals surface area contributed by atoms with Crippen LogP contribution in [0.2, 0.25) is 0 Å². The molecule has 0 heterocycles. The lowest BCUT2D eigenvalue weighted by Gasteiger charge is -2.13. The van der Waals surface area contributed by atoms with Crippen LogP contribution in [0.25, 0.3) is 0 Å². The highest BCUT2D eigenvalue weighted by Gasteiger charge is 2.12. The standard InChI is InChI=1S/C12H23NO4/c1-9(2)6-8-17-10(3)12(16)13-7-4-5-11(14)15/h9-10H,4-8H2,1-3H3,(H,13,16)(H,14,15). The van der Waals surface area contributed by atoms with Crippen LogP contribution in [0, 0.1) is 5.92 Å². The van der Waals surface area contributed by atoms with Gasteiger partial charge in [0.15, 0.2) is 0 Å². The van der Waals surface area contributed by atoms with Crippen molar-refractivity contribution < 1.29 is 19.4 Å². The largest absolute Gasteiger partial charge is 0.481 e. The van der Waals surface area contributed by atoms with E-state index in [2.05, 4.69) is 19.2 Å². The predicted molar refractivity (Wildman–Crippen MR) is 64.7 cm³/mol. The van der Waals surface area contributed by atoms with E-state index in [1.807, 2.05) is 0 Å². The van der Waals surface area contributed by atoms with Crippen molar-refractivity contribution in [1.82, 2.24) is 5.32 Å². The van der Waals surface area contributed by atoms with E-state index in [1.54, 1.807) is 6.92 Å². The molecule has 0 aliphatic carbocycles. The molecule has 5 heteroatoms. The summed E-state index contributed by atoms with van der Waals surface area (Å²) >= 11 is 0. The molecular formula is C12H23NO4. The number of ether oxygens (including phenoxy) is 1. The number of carbonyl (C=O) groups excluding carboxylic acids is 1. The Morgan fingerprint density at radius 2 is 1.94 bits per heavy atom. The van der Waals surface area contributed by atoms with E-state index in [4.69, 9.17) is 9.84 Å². The van der Waals surface area contributed by atoms with Gasteiger partial charge < -0.3 is 15.2 Å². The third-order valence-corrected chi connectivity index (χ3v) is 2.30. The molecule has 0 fully saturated rings. The maximum absolute atomic E-state index is 11.5. The zero-order valence-electron chi connectivity index (χ0n) is 10.9. The average Bonchev–Trinajstić information content (AvgIpc) is 2.23. The summed E-state index contributed by atoms with van der Waals surface area (Å²) in [6.07, 6.45) is 0.970. The number of amides is 1. The van der Waals surface area contributed by atoms with Gasteiger partial charge in [-0.1, -0.05) is 13.8 Å². The van der Waals surface area contributed by atoms with Gasteiger partial charge >= 0.3 is 5.97 Å². The Morgan fingerprint density at radius 1 is 1.29 bits per heavy atom. The first-order chi connectivity index (χ1) is 7.93. The Kier molecular flexibility index (Phi) is 8.40. The molecule has 17 heavy (non-hydrogen) atoms. The van der Waals surface area contributed by atoms with Crippen LogP contribution in [-0.2, 0) is 14.3 Å². The minimum atomic E-state index is -0.847. The molecule has 5 nitrogen and oxygen atoms in total. The van der Waals surface area contributed by atoms with Gasteiger partial charge in [-0.3, -0.25) is 9.59 Å². The molecule has 1 atom stereocenters. The van der Waals surface area contributed by atoms with Crippen molar-refractivity contribution in [2.45, 2.75) is 46.1 Å². The molecule has 0 aromatic carbocycles. The first-order valence-corrected chi connectivity index (χ1v) is 6.04. The highest BCUT2D eigenvalue weighted by Crippen LogP contribution is 2.01. The van der Waals surface area contributed by atoms with Crippen LogP contribution in [-0.4, -0.2) is 36.2 Å². The molecule has 0 aromatic heterocycles. The lowest BCUT2D eigenvalue weighted by Crippen LogP contribution is -2.35. The average molecular weight is 245 g/mol. The van der Waals surface area contributed by atoms with Crippen LogP contribution in [0.1, 0.15) is 40.0 Å². The summed E-state index contributed by atoms with van der Waals surface area (Å²) in [6, 6.07) is 0. The number of carboxylic acids is 1. The van der Waals surface area contributed by atoms with E-state index in [0.29, 0.717) is 25.5 Å². The second-order valence-electron chi connectivity index (χ2n) is 4.48. The smallest absolute Gasteiger partial charge is 0.303 e. The fourth-order valence-corrected chi connectivity index (χ4v) is 1.15. The summed E-state index contributed by atoms with van der Waals surface area (Å²) in [7, 11) is 0. The molecule has 0 aliphatic rings. The molecule has 0 saturated carbocycles. The lowest BCUT2D eigenvalue weighted by molar-refractivity contribution is -0.137. The predicted octanol–water partition coefficient (Wildman–Crippen LogP) is 1.42. The van der Waals surface area contributed by atoms with Gasteiger partial charge in [0.1, 0.15) is 6.10 Å². The number of aliphatic carboxylic acids is 1. The normalized spacial score (nSPS) is 12.5. The summed E-state index contributed by atoms with van der Waals surface area (Å²) in [5.41, 5.74) is 0. The summed E-state index contributed by atoms with van der Waals surface area (Å²) in [5.74, 6) is -0.472. The van der Waals surface area contributed by atoms with Crippen molar-refractivity contribution in [2.24, 2.45) is 5.92 Å². The van der Waals surface area contributed by atoms with E-state index in [0.717, 1.165) is 6.42 Å². The van der Waals surface area contributed by atoms with Crippen LogP contribution >= 0.6 is 0 Å². The van der Waals surface area contributed by atoms with Crippen molar-refractivity contribution in [2.75, 3.05) is 13.2 Å². The van der Waals surface area contributed by atoms with Gasteiger partial charge in [0.25, 0.3) is 0 Å². The molecule has 100 valence electrons. The van der Waals surface area contributed by atoms with Crippen molar-refractivity contribution in [3.05, 3.63) is 0 Å². The molecule has 0 saturated heterocycles. The van der Waals surface area contributed by atoms with Gasteiger partial charge in [-0.25, -0.2) is 0 Å². The van der Waals surface area contributed by atoms with Crippen LogP contribution in [0.4, 0.5) is 0 Å². The second kappa shape index (κ2) is 8.98. The fourth-order valence-electron chi connectivity index (χ4n) is 1.15. The number of carbonyl (C=O) groups is 2. The number of hydrogen-bond donors (Lipinski definition) is 2. The Labute approximate surface area is 103 Å². The first-order valence-electron chi connectivity index (χ1n) is 6.04. The number of carboxylic acid groups (broad SMARTS) is 1. The van der Waals surface area contributed by atoms with Gasteiger partial charge in [0.05, 0.1) is 0 Å². The van der Waals surface area contributed by atoms with Crippen LogP contribution in [0.3, 0.4) is 0 Å². The minimum Gasteiger partial charge on any atom is -0.481 e. The Hall–Kier alpha value is -1.10. The van der Waals surface area contributed by atoms with Crippen LogP contribution < -0.4 is 5.32 Å². The van der Waals surface area contributed by atoms with E-state index in [1.165, 1.54) is 0 Å². The number of rotatable bonds is 9. The third-order valence-electron chi connectivity index (χ3n) is 2.30. The molecule has 1 unspecified atom stereocenters. The highest BCUT2D eigenvalue weighted by molar-refractivity contribution is 5.80. The summed E-state index contributed by atoms with van der Waals surface area (Å²) < 4.78 is 5.36. The molecule has 1 amide bonds. The summed E-state index contributed by atoms with van der Waals surface area (Å²) in [5, 5.41) is 11.1. The van der Waals surface area contributed by atoms with E-state index < -0.39 is 12.1 Å². The quantitative estimate of drug-likeness (QED) is 0.602. The zero-order chi connectivity index (χ0) is 13.3. The second-order valence-corrected chi connectivity index (χ2v) is 4.48. The molecular weight excluding hydrogens is 222 g/mol. The van der Waals surface area contributed by atoms with Gasteiger partial charge in [-0.2, -0.15) is 0 Å². The van der Waals surface area contributed by atoms with E-state index in [9.17, 15) is 9.59 Å². The van der Waals surface area contributed by atoms with Crippen LogP contribution in [0.5, 0.6) is 0 Å². The van der Waals surface area contributed by atoms with Gasteiger partial charge in [0, 0.05) is 19.6 Å². The van der Waals surface area contributed by atoms with E-state index in [-0.39, 0.29) is 12.3 Å². The monoisotopic (exact) mass is 245 g/mol. The van der Waals surface area contributed by atoms with Gasteiger partial charge in [0.2, 0.25) is 5.91 Å². The number of nitrogens with one attached hydrogen (secondary N) is 1. The molecule has 0 aliphatic heterocycles. The highest BCUT2D eigenvalue weighted by atomic mass is 16.5. The third kappa shape index (κ3) is 9.81. The molecule has 0 aromatic rings. The van der Waals surface area contributed by atoms with Gasteiger partial charge in [-0.15, -0.1) is 0 Å². The fraction of sp³-hybridized carbons (Fsp3) is 0.833. The molecule has 0 bridgehead atoms. The molecule has 0 rings (SSSR count). The molecule has 0 spiro atoms. The van der Waals surface area contributed by atoms with Gasteiger partial charge in [-0.05, 0) is 25.7 Å². The molecule has 0 radical (unpaired) electrons. The Balaban J connectivity index is 3.57. The Bertz CT molecular complexity index is 241. The topological polar surface area (TPSA) is 75.6 Å². The maximum atomic E-state index is 11.5. The first kappa shape index (κ1) is 15.9. The van der Waals surface area contributed by atoms with Crippen LogP contribution in [0.15, 0.2) is 0 Å². The minimum absolute atomic E-state index is 0.0723. The maximum Gasteiger partial charge on any atom is 0.303 e. The zero-order valence-corrected chi connectivity index (χ0v) is 10.9.